The Hall–Kier alpha value is -0.0900. The Labute approximate surface area is 101 Å². The molecule has 1 rings (SSSR count). The molecule has 15 heavy (non-hydrogen) atoms. The fourth-order valence-corrected chi connectivity index (χ4v) is 2.19. The molecule has 1 N–H and O–H groups in total. The van der Waals surface area contributed by atoms with Crippen molar-refractivity contribution in [1.82, 2.24) is 5.32 Å². The smallest absolute Gasteiger partial charge is 0.0932 e. The third-order valence-electron chi connectivity index (χ3n) is 1.89. The van der Waals surface area contributed by atoms with Gasteiger partial charge in [0.25, 0.3) is 0 Å². The number of hydrogen-bond acceptors (Lipinski definition) is 3. The van der Waals surface area contributed by atoms with Crippen molar-refractivity contribution in [2.24, 2.45) is 0 Å². The van der Waals surface area contributed by atoms with Gasteiger partial charge in [0.1, 0.15) is 0 Å². The van der Waals surface area contributed by atoms with Crippen LogP contribution in [0.3, 0.4) is 0 Å². The highest BCUT2D eigenvalue weighted by atomic mass is 35.5. The maximum atomic E-state index is 5.81. The Kier molecular flexibility index (Phi) is 6.25. The lowest BCUT2D eigenvalue weighted by Gasteiger charge is -2.07. The molecule has 0 unspecified atom stereocenters. The zero-order chi connectivity index (χ0) is 11.1. The topological polar surface area (TPSA) is 21.3 Å². The summed E-state index contributed by atoms with van der Waals surface area (Å²) in [5, 5.41) is 3.35. The molecule has 2 nitrogen and oxygen atoms in total. The Balaban J connectivity index is 1.98. The van der Waals surface area contributed by atoms with E-state index in [-0.39, 0.29) is 0 Å². The number of nitrogens with one attached hydrogen (secondary N) is 1. The first-order valence-corrected chi connectivity index (χ1v) is 6.43. The van der Waals surface area contributed by atoms with E-state index in [0.29, 0.717) is 12.6 Å². The quantitative estimate of drug-likeness (QED) is 0.747. The molecule has 0 amide bonds. The second-order valence-corrected chi connectivity index (χ2v) is 5.52. The van der Waals surface area contributed by atoms with Crippen LogP contribution < -0.4 is 5.32 Å². The van der Waals surface area contributed by atoms with Crippen LogP contribution in [-0.2, 0) is 11.3 Å². The molecule has 0 saturated heterocycles. The fourth-order valence-electron chi connectivity index (χ4n) is 1.17. The molecule has 0 aromatic carbocycles. The van der Waals surface area contributed by atoms with Gasteiger partial charge in [0.15, 0.2) is 0 Å². The molecular formula is C11H18ClNOS. The first kappa shape index (κ1) is 13.0. The fraction of sp³-hybridized carbons (Fsp3) is 0.636. The van der Waals surface area contributed by atoms with E-state index in [4.69, 9.17) is 16.3 Å². The van der Waals surface area contributed by atoms with E-state index in [1.54, 1.807) is 11.3 Å². The van der Waals surface area contributed by atoms with Crippen LogP contribution in [0.5, 0.6) is 0 Å². The van der Waals surface area contributed by atoms with Crippen LogP contribution in [0.4, 0.5) is 0 Å². The van der Waals surface area contributed by atoms with Gasteiger partial charge < -0.3 is 10.1 Å². The van der Waals surface area contributed by atoms with Gasteiger partial charge in [0, 0.05) is 17.5 Å². The van der Waals surface area contributed by atoms with Crippen molar-refractivity contribution in [1.29, 1.82) is 0 Å². The molecule has 0 spiro atoms. The van der Waals surface area contributed by atoms with Crippen molar-refractivity contribution in [2.75, 3.05) is 13.2 Å². The van der Waals surface area contributed by atoms with Crippen LogP contribution in [0.25, 0.3) is 0 Å². The monoisotopic (exact) mass is 247 g/mol. The molecule has 1 aromatic heterocycles. The summed E-state index contributed by atoms with van der Waals surface area (Å²) in [6.07, 6.45) is 1.05. The van der Waals surface area contributed by atoms with E-state index in [1.807, 2.05) is 12.1 Å². The predicted molar refractivity (Wildman–Crippen MR) is 66.7 cm³/mol. The third-order valence-corrected chi connectivity index (χ3v) is 3.10. The first-order valence-electron chi connectivity index (χ1n) is 5.24. The largest absolute Gasteiger partial charge is 0.376 e. The second-order valence-electron chi connectivity index (χ2n) is 3.72. The molecule has 0 fully saturated rings. The maximum absolute atomic E-state index is 5.81. The maximum Gasteiger partial charge on any atom is 0.0932 e. The summed E-state index contributed by atoms with van der Waals surface area (Å²) in [5.74, 6) is 0. The first-order chi connectivity index (χ1) is 7.18. The van der Waals surface area contributed by atoms with Crippen molar-refractivity contribution in [3.05, 3.63) is 21.3 Å². The minimum atomic E-state index is 0.557. The van der Waals surface area contributed by atoms with Gasteiger partial charge >= 0.3 is 0 Å². The summed E-state index contributed by atoms with van der Waals surface area (Å²) < 4.78 is 6.36. The number of thiophene rings is 1. The Morgan fingerprint density at radius 3 is 2.87 bits per heavy atom. The predicted octanol–water partition coefficient (Wildman–Crippen LogP) is 3.31. The lowest BCUT2D eigenvalue weighted by molar-refractivity contribution is 0.120. The van der Waals surface area contributed by atoms with Crippen LogP contribution in [0.1, 0.15) is 25.1 Å². The molecule has 1 aromatic rings. The Bertz CT molecular complexity index is 275. The van der Waals surface area contributed by atoms with Crippen molar-refractivity contribution in [3.8, 4) is 0 Å². The average molecular weight is 248 g/mol. The third kappa shape index (κ3) is 6.15. The molecule has 0 bridgehead atoms. The van der Waals surface area contributed by atoms with Gasteiger partial charge in [-0.3, -0.25) is 0 Å². The molecule has 0 radical (unpaired) electrons. The van der Waals surface area contributed by atoms with Gasteiger partial charge in [-0.25, -0.2) is 0 Å². The minimum absolute atomic E-state index is 0.557. The summed E-state index contributed by atoms with van der Waals surface area (Å²) >= 11 is 7.39. The highest BCUT2D eigenvalue weighted by Gasteiger charge is 1.98. The van der Waals surface area contributed by atoms with E-state index in [9.17, 15) is 0 Å². The molecule has 1 heterocycles. The summed E-state index contributed by atoms with van der Waals surface area (Å²) in [7, 11) is 0. The van der Waals surface area contributed by atoms with Crippen LogP contribution in [-0.4, -0.2) is 19.2 Å². The lowest BCUT2D eigenvalue weighted by atomic mass is 10.3. The molecule has 0 aliphatic rings. The molecule has 4 heteroatoms. The van der Waals surface area contributed by atoms with E-state index >= 15 is 0 Å². The Morgan fingerprint density at radius 2 is 2.27 bits per heavy atom. The van der Waals surface area contributed by atoms with Crippen LogP contribution in [0, 0.1) is 0 Å². The molecule has 86 valence electrons. The van der Waals surface area contributed by atoms with Gasteiger partial charge in [0.05, 0.1) is 10.9 Å². The standard InChI is InChI=1S/C11H18ClNOS/c1-9(2)13-6-3-7-14-8-10-4-5-11(12)15-10/h4-5,9,13H,3,6-8H2,1-2H3. The molecule has 0 saturated carbocycles. The summed E-state index contributed by atoms with van der Waals surface area (Å²) in [6, 6.07) is 4.48. The lowest BCUT2D eigenvalue weighted by Crippen LogP contribution is -2.24. The number of halogens is 1. The zero-order valence-electron chi connectivity index (χ0n) is 9.25. The van der Waals surface area contributed by atoms with Crippen molar-refractivity contribution in [3.63, 3.8) is 0 Å². The highest BCUT2D eigenvalue weighted by molar-refractivity contribution is 7.16. The summed E-state index contributed by atoms with van der Waals surface area (Å²) in [4.78, 5) is 1.19. The highest BCUT2D eigenvalue weighted by Crippen LogP contribution is 2.21. The van der Waals surface area contributed by atoms with Gasteiger partial charge in [-0.15, -0.1) is 11.3 Å². The van der Waals surface area contributed by atoms with Gasteiger partial charge in [-0.2, -0.15) is 0 Å². The number of rotatable bonds is 7. The molecular weight excluding hydrogens is 230 g/mol. The van der Waals surface area contributed by atoms with Crippen LogP contribution >= 0.6 is 22.9 Å². The molecule has 0 aliphatic heterocycles. The molecule has 0 atom stereocenters. The second kappa shape index (κ2) is 7.23. The van der Waals surface area contributed by atoms with E-state index < -0.39 is 0 Å². The SMILES string of the molecule is CC(C)NCCCOCc1ccc(Cl)s1. The number of hydrogen-bond donors (Lipinski definition) is 1. The van der Waals surface area contributed by atoms with Crippen molar-refractivity contribution >= 4 is 22.9 Å². The normalized spacial score (nSPS) is 11.2. The van der Waals surface area contributed by atoms with Crippen molar-refractivity contribution < 1.29 is 4.74 Å². The van der Waals surface area contributed by atoms with E-state index in [1.165, 1.54) is 4.88 Å². The average Bonchev–Trinajstić information content (AvgIpc) is 2.57. The van der Waals surface area contributed by atoms with Crippen molar-refractivity contribution in [2.45, 2.75) is 32.9 Å². The van der Waals surface area contributed by atoms with Crippen LogP contribution in [0.15, 0.2) is 12.1 Å². The number of ether oxygens (including phenoxy) is 1. The van der Waals surface area contributed by atoms with Crippen LogP contribution in [0.2, 0.25) is 4.34 Å². The van der Waals surface area contributed by atoms with E-state index in [2.05, 4.69) is 19.2 Å². The van der Waals surface area contributed by atoms with Gasteiger partial charge in [-0.05, 0) is 25.1 Å². The Morgan fingerprint density at radius 1 is 1.47 bits per heavy atom. The summed E-state index contributed by atoms with van der Waals surface area (Å²) in [5.41, 5.74) is 0. The molecule has 0 aliphatic carbocycles. The van der Waals surface area contributed by atoms with Gasteiger partial charge in [-0.1, -0.05) is 25.4 Å². The summed E-state index contributed by atoms with van der Waals surface area (Å²) in [6.45, 7) is 6.79. The minimum Gasteiger partial charge on any atom is -0.376 e. The van der Waals surface area contributed by atoms with E-state index in [0.717, 1.165) is 23.9 Å². The zero-order valence-corrected chi connectivity index (χ0v) is 10.8. The van der Waals surface area contributed by atoms with Gasteiger partial charge in [0.2, 0.25) is 0 Å².